The number of pyridine rings is 1. The van der Waals surface area contributed by atoms with Crippen molar-refractivity contribution in [3.05, 3.63) is 48.4 Å². The van der Waals surface area contributed by atoms with Gasteiger partial charge >= 0.3 is 6.03 Å². The molecule has 0 aliphatic heterocycles. The normalized spacial score (nSPS) is 14.2. The van der Waals surface area contributed by atoms with Crippen LogP contribution in [-0.4, -0.2) is 27.3 Å². The van der Waals surface area contributed by atoms with Crippen molar-refractivity contribution in [3.63, 3.8) is 0 Å². The number of hydrogen-bond donors (Lipinski definition) is 2. The second-order valence-corrected chi connectivity index (χ2v) is 5.59. The summed E-state index contributed by atoms with van der Waals surface area (Å²) in [6, 6.07) is 5.27. The number of urea groups is 1. The molecule has 1 aliphatic carbocycles. The zero-order valence-electron chi connectivity index (χ0n) is 13.0. The number of carbonyl (C=O) groups is 1. The van der Waals surface area contributed by atoms with Crippen molar-refractivity contribution in [3.8, 4) is 5.82 Å². The number of hydrogen-bond acceptors (Lipinski definition) is 3. The van der Waals surface area contributed by atoms with E-state index < -0.39 is 0 Å². The highest BCUT2D eigenvalue weighted by Gasteiger charge is 2.06. The molecule has 0 bridgehead atoms. The lowest BCUT2D eigenvalue weighted by atomic mass is 9.97. The molecule has 2 aromatic heterocycles. The molecular weight excluding hydrogens is 290 g/mol. The highest BCUT2D eigenvalue weighted by Crippen LogP contribution is 2.19. The average Bonchev–Trinajstić information content (AvgIpc) is 3.11. The predicted molar refractivity (Wildman–Crippen MR) is 89.5 cm³/mol. The van der Waals surface area contributed by atoms with E-state index in [0.717, 1.165) is 6.42 Å². The largest absolute Gasteiger partial charge is 0.338 e. The van der Waals surface area contributed by atoms with Gasteiger partial charge in [-0.3, -0.25) is 0 Å². The number of anilines is 1. The van der Waals surface area contributed by atoms with Crippen LogP contribution in [-0.2, 0) is 0 Å². The van der Waals surface area contributed by atoms with Gasteiger partial charge in [-0.1, -0.05) is 11.6 Å². The maximum atomic E-state index is 11.9. The predicted octanol–water partition coefficient (Wildman–Crippen LogP) is 3.28. The van der Waals surface area contributed by atoms with E-state index in [1.165, 1.54) is 31.3 Å². The van der Waals surface area contributed by atoms with Gasteiger partial charge in [0.1, 0.15) is 0 Å². The molecule has 2 aromatic rings. The summed E-state index contributed by atoms with van der Waals surface area (Å²) in [5.74, 6) is 0.713. The van der Waals surface area contributed by atoms with E-state index in [1.54, 1.807) is 17.1 Å². The monoisotopic (exact) mass is 311 g/mol. The SMILES string of the molecule is O=C(NCCC1=CCCCC1)Nc1ccc(-n2cccn2)nc1. The van der Waals surface area contributed by atoms with Crippen LogP contribution in [0, 0.1) is 0 Å². The van der Waals surface area contributed by atoms with Gasteiger partial charge in [-0.2, -0.15) is 5.10 Å². The molecule has 2 amide bonds. The smallest absolute Gasteiger partial charge is 0.319 e. The molecule has 0 atom stereocenters. The highest BCUT2D eigenvalue weighted by atomic mass is 16.2. The van der Waals surface area contributed by atoms with Crippen LogP contribution in [0.15, 0.2) is 48.4 Å². The molecule has 3 rings (SSSR count). The lowest BCUT2D eigenvalue weighted by Gasteiger charge is -2.13. The van der Waals surface area contributed by atoms with Gasteiger partial charge in [0, 0.05) is 18.9 Å². The van der Waals surface area contributed by atoms with Crippen LogP contribution in [0.1, 0.15) is 32.1 Å². The second-order valence-electron chi connectivity index (χ2n) is 5.59. The van der Waals surface area contributed by atoms with E-state index in [9.17, 15) is 4.79 Å². The van der Waals surface area contributed by atoms with E-state index in [4.69, 9.17) is 0 Å². The van der Waals surface area contributed by atoms with Crippen molar-refractivity contribution in [2.45, 2.75) is 32.1 Å². The molecule has 2 heterocycles. The van der Waals surface area contributed by atoms with Gasteiger partial charge in [0.25, 0.3) is 0 Å². The molecule has 23 heavy (non-hydrogen) atoms. The number of nitrogens with one attached hydrogen (secondary N) is 2. The Labute approximate surface area is 135 Å². The van der Waals surface area contributed by atoms with Crippen LogP contribution in [0.3, 0.4) is 0 Å². The van der Waals surface area contributed by atoms with Crippen LogP contribution < -0.4 is 10.6 Å². The van der Waals surface area contributed by atoms with Crippen molar-refractivity contribution in [1.29, 1.82) is 0 Å². The number of carbonyl (C=O) groups excluding carboxylic acids is 1. The van der Waals surface area contributed by atoms with Crippen molar-refractivity contribution < 1.29 is 4.79 Å². The molecule has 120 valence electrons. The third-order valence-corrected chi connectivity index (χ3v) is 3.86. The molecule has 0 radical (unpaired) electrons. The van der Waals surface area contributed by atoms with Gasteiger partial charge in [-0.15, -0.1) is 0 Å². The summed E-state index contributed by atoms with van der Waals surface area (Å²) in [7, 11) is 0. The molecule has 0 saturated carbocycles. The molecule has 1 aliphatic rings. The fourth-order valence-electron chi connectivity index (χ4n) is 2.64. The second kappa shape index (κ2) is 7.58. The zero-order valence-corrected chi connectivity index (χ0v) is 13.0. The fourth-order valence-corrected chi connectivity index (χ4v) is 2.64. The Balaban J connectivity index is 1.45. The molecule has 0 unspecified atom stereocenters. The van der Waals surface area contributed by atoms with Crippen LogP contribution in [0.25, 0.3) is 5.82 Å². The highest BCUT2D eigenvalue weighted by molar-refractivity contribution is 5.89. The summed E-state index contributed by atoms with van der Waals surface area (Å²) in [5, 5.41) is 9.79. The van der Waals surface area contributed by atoms with Crippen molar-refractivity contribution in [1.82, 2.24) is 20.1 Å². The van der Waals surface area contributed by atoms with Crippen molar-refractivity contribution in [2.24, 2.45) is 0 Å². The van der Waals surface area contributed by atoms with Crippen LogP contribution in [0.4, 0.5) is 10.5 Å². The van der Waals surface area contributed by atoms with Gasteiger partial charge in [0.2, 0.25) is 0 Å². The van der Waals surface area contributed by atoms with E-state index in [1.807, 2.05) is 24.4 Å². The quantitative estimate of drug-likeness (QED) is 0.832. The first-order chi connectivity index (χ1) is 11.3. The molecular formula is C17H21N5O. The van der Waals surface area contributed by atoms with E-state index in [2.05, 4.69) is 26.8 Å². The minimum atomic E-state index is -0.199. The molecule has 0 saturated heterocycles. The van der Waals surface area contributed by atoms with E-state index in [-0.39, 0.29) is 6.03 Å². The summed E-state index contributed by atoms with van der Waals surface area (Å²) in [5.41, 5.74) is 2.12. The molecule has 6 nitrogen and oxygen atoms in total. The first kappa shape index (κ1) is 15.3. The van der Waals surface area contributed by atoms with E-state index in [0.29, 0.717) is 18.1 Å². The number of allylic oxidation sites excluding steroid dienone is 1. The summed E-state index contributed by atoms with van der Waals surface area (Å²) < 4.78 is 1.67. The van der Waals surface area contributed by atoms with Gasteiger partial charge < -0.3 is 10.6 Å². The van der Waals surface area contributed by atoms with Crippen LogP contribution >= 0.6 is 0 Å². The summed E-state index contributed by atoms with van der Waals surface area (Å²) >= 11 is 0. The van der Waals surface area contributed by atoms with Gasteiger partial charge in [-0.05, 0) is 50.3 Å². The standard InChI is InChI=1S/C17H21N5O/c23-17(18-11-9-14-5-2-1-3-6-14)21-15-7-8-16(19-13-15)22-12-4-10-20-22/h4-5,7-8,10,12-13H,1-3,6,9,11H2,(H2,18,21,23). The maximum Gasteiger partial charge on any atom is 0.319 e. The van der Waals surface area contributed by atoms with Gasteiger partial charge in [0.05, 0.1) is 11.9 Å². The molecule has 6 heteroatoms. The van der Waals surface area contributed by atoms with Gasteiger partial charge in [0.15, 0.2) is 5.82 Å². The van der Waals surface area contributed by atoms with Gasteiger partial charge in [-0.25, -0.2) is 14.5 Å². The van der Waals surface area contributed by atoms with Crippen LogP contribution in [0.2, 0.25) is 0 Å². The maximum absolute atomic E-state index is 11.9. The number of nitrogens with zero attached hydrogens (tertiary/aromatic N) is 3. The third kappa shape index (κ3) is 4.42. The Morgan fingerprint density at radius 1 is 1.30 bits per heavy atom. The summed E-state index contributed by atoms with van der Waals surface area (Å²) in [4.78, 5) is 16.2. The zero-order chi connectivity index (χ0) is 15.9. The van der Waals surface area contributed by atoms with Crippen molar-refractivity contribution in [2.75, 3.05) is 11.9 Å². The first-order valence-corrected chi connectivity index (χ1v) is 8.00. The molecule has 2 N–H and O–H groups in total. The number of aromatic nitrogens is 3. The number of rotatable bonds is 5. The first-order valence-electron chi connectivity index (χ1n) is 8.00. The minimum absolute atomic E-state index is 0.199. The Morgan fingerprint density at radius 3 is 2.96 bits per heavy atom. The van der Waals surface area contributed by atoms with Crippen molar-refractivity contribution >= 4 is 11.7 Å². The Morgan fingerprint density at radius 2 is 2.26 bits per heavy atom. The van der Waals surface area contributed by atoms with E-state index >= 15 is 0 Å². The Kier molecular flexibility index (Phi) is 5.03. The molecule has 0 fully saturated rings. The van der Waals surface area contributed by atoms with Crippen LogP contribution in [0.5, 0.6) is 0 Å². The molecule has 0 spiro atoms. The summed E-state index contributed by atoms with van der Waals surface area (Å²) in [6.45, 7) is 0.663. The minimum Gasteiger partial charge on any atom is -0.338 e. The number of amides is 2. The Bertz CT molecular complexity index is 661. The topological polar surface area (TPSA) is 71.8 Å². The lowest BCUT2D eigenvalue weighted by Crippen LogP contribution is -2.29. The summed E-state index contributed by atoms with van der Waals surface area (Å²) in [6.07, 6.45) is 13.3. The Hall–Kier alpha value is -2.63. The third-order valence-electron chi connectivity index (χ3n) is 3.86. The fraction of sp³-hybridized carbons (Fsp3) is 0.353. The molecule has 0 aromatic carbocycles. The lowest BCUT2D eigenvalue weighted by molar-refractivity contribution is 0.252. The average molecular weight is 311 g/mol.